The molecule has 6 heteroatoms. The molecule has 1 atom stereocenters. The van der Waals surface area contributed by atoms with Crippen LogP contribution in [0.15, 0.2) is 36.9 Å². The Morgan fingerprint density at radius 1 is 1.40 bits per heavy atom. The minimum atomic E-state index is -0.454. The smallest absolute Gasteiger partial charge is 0.244 e. The summed E-state index contributed by atoms with van der Waals surface area (Å²) in [5.74, 6) is 0.0171. The van der Waals surface area contributed by atoms with Crippen LogP contribution in [-0.2, 0) is 4.79 Å². The number of hydrogen-bond acceptors (Lipinski definition) is 4. The van der Waals surface area contributed by atoms with Crippen LogP contribution in [0.5, 0.6) is 0 Å². The molecule has 0 radical (unpaired) electrons. The van der Waals surface area contributed by atoms with Crippen LogP contribution in [0.25, 0.3) is 5.69 Å². The zero-order chi connectivity index (χ0) is 14.0. The quantitative estimate of drug-likeness (QED) is 0.884. The van der Waals surface area contributed by atoms with Crippen LogP contribution in [0.1, 0.15) is 19.8 Å². The summed E-state index contributed by atoms with van der Waals surface area (Å²) in [6.07, 6.45) is 5.03. The Morgan fingerprint density at radius 3 is 2.80 bits per heavy atom. The summed E-state index contributed by atoms with van der Waals surface area (Å²) < 4.78 is 1.67. The Balaban J connectivity index is 1.71. The number of carbonyl (C=O) groups is 1. The van der Waals surface area contributed by atoms with Crippen LogP contribution in [0.2, 0.25) is 0 Å². The molecule has 1 unspecified atom stereocenters. The molecule has 104 valence electrons. The molecule has 1 aromatic heterocycles. The van der Waals surface area contributed by atoms with Crippen molar-refractivity contribution in [2.75, 3.05) is 11.9 Å². The molecule has 2 aromatic rings. The summed E-state index contributed by atoms with van der Waals surface area (Å²) in [7, 11) is 0. The Bertz CT molecular complexity index is 585. The molecule has 1 amide bonds. The molecule has 1 aliphatic heterocycles. The minimum absolute atomic E-state index is 0.0171. The number of aromatic nitrogens is 3. The Kier molecular flexibility index (Phi) is 3.23. The molecular weight excluding hydrogens is 254 g/mol. The molecule has 2 N–H and O–H groups in total. The highest BCUT2D eigenvalue weighted by atomic mass is 16.2. The largest absolute Gasteiger partial charge is 0.324 e. The van der Waals surface area contributed by atoms with Gasteiger partial charge in [0.25, 0.3) is 0 Å². The molecule has 6 nitrogen and oxygen atoms in total. The molecular formula is C14H17N5O. The lowest BCUT2D eigenvalue weighted by Gasteiger charge is -2.23. The van der Waals surface area contributed by atoms with E-state index in [1.54, 1.807) is 11.0 Å². The summed E-state index contributed by atoms with van der Waals surface area (Å²) in [5, 5.41) is 10.3. The van der Waals surface area contributed by atoms with Crippen molar-refractivity contribution >= 4 is 11.6 Å². The minimum Gasteiger partial charge on any atom is -0.324 e. The predicted molar refractivity (Wildman–Crippen MR) is 75.6 cm³/mol. The predicted octanol–water partition coefficient (Wildman–Crippen LogP) is 1.35. The van der Waals surface area contributed by atoms with Crippen LogP contribution in [0, 0.1) is 0 Å². The topological polar surface area (TPSA) is 71.8 Å². The molecule has 1 aliphatic rings. The van der Waals surface area contributed by atoms with Gasteiger partial charge in [0.15, 0.2) is 0 Å². The lowest BCUT2D eigenvalue weighted by molar-refractivity contribution is -0.121. The Morgan fingerprint density at radius 2 is 2.20 bits per heavy atom. The van der Waals surface area contributed by atoms with Crippen molar-refractivity contribution in [1.82, 2.24) is 20.1 Å². The highest BCUT2D eigenvalue weighted by Crippen LogP contribution is 2.21. The second-order valence-corrected chi connectivity index (χ2v) is 5.20. The number of rotatable bonds is 3. The van der Waals surface area contributed by atoms with Crippen molar-refractivity contribution in [3.63, 3.8) is 0 Å². The maximum atomic E-state index is 12.2. The van der Waals surface area contributed by atoms with Crippen molar-refractivity contribution < 1.29 is 4.79 Å². The third-order valence-corrected chi connectivity index (χ3v) is 3.68. The van der Waals surface area contributed by atoms with E-state index < -0.39 is 5.54 Å². The van der Waals surface area contributed by atoms with Gasteiger partial charge in [0, 0.05) is 5.69 Å². The van der Waals surface area contributed by atoms with Gasteiger partial charge in [-0.1, -0.05) is 0 Å². The van der Waals surface area contributed by atoms with Crippen LogP contribution >= 0.6 is 0 Å². The van der Waals surface area contributed by atoms with Gasteiger partial charge >= 0.3 is 0 Å². The van der Waals surface area contributed by atoms with Gasteiger partial charge in [-0.25, -0.2) is 9.67 Å². The second kappa shape index (κ2) is 5.05. The van der Waals surface area contributed by atoms with Crippen LogP contribution in [0.3, 0.4) is 0 Å². The number of benzene rings is 1. The molecule has 0 aliphatic carbocycles. The van der Waals surface area contributed by atoms with Gasteiger partial charge in [-0.15, -0.1) is 0 Å². The van der Waals surface area contributed by atoms with Gasteiger partial charge in [0.1, 0.15) is 12.7 Å². The molecule has 2 heterocycles. The highest BCUT2D eigenvalue weighted by molar-refractivity contribution is 5.98. The van der Waals surface area contributed by atoms with E-state index >= 15 is 0 Å². The fourth-order valence-corrected chi connectivity index (χ4v) is 2.40. The normalized spacial score (nSPS) is 21.9. The van der Waals surface area contributed by atoms with E-state index in [0.29, 0.717) is 0 Å². The Hall–Kier alpha value is -2.21. The average Bonchev–Trinajstić information content (AvgIpc) is 3.11. The first kappa shape index (κ1) is 12.8. The molecule has 0 bridgehead atoms. The molecule has 20 heavy (non-hydrogen) atoms. The summed E-state index contributed by atoms with van der Waals surface area (Å²) in [4.78, 5) is 16.2. The van der Waals surface area contributed by atoms with Gasteiger partial charge in [0.05, 0.1) is 11.2 Å². The molecule has 3 rings (SSSR count). The first-order chi connectivity index (χ1) is 9.67. The summed E-state index contributed by atoms with van der Waals surface area (Å²) in [5.41, 5.74) is 1.24. The zero-order valence-electron chi connectivity index (χ0n) is 11.3. The van der Waals surface area contributed by atoms with E-state index in [1.807, 2.05) is 31.2 Å². The second-order valence-electron chi connectivity index (χ2n) is 5.20. The van der Waals surface area contributed by atoms with E-state index in [-0.39, 0.29) is 5.91 Å². The number of hydrogen-bond donors (Lipinski definition) is 2. The maximum absolute atomic E-state index is 12.2. The van der Waals surface area contributed by atoms with Crippen molar-refractivity contribution in [2.24, 2.45) is 0 Å². The fraction of sp³-hybridized carbons (Fsp3) is 0.357. The standard InChI is InChI=1S/C14H17N5O/c1-14(7-2-8-16-14)13(20)18-11-3-5-12(6-4-11)19-10-15-9-17-19/h3-6,9-10,16H,2,7-8H2,1H3,(H,18,20). The highest BCUT2D eigenvalue weighted by Gasteiger charge is 2.35. The van der Waals surface area contributed by atoms with Gasteiger partial charge in [-0.3, -0.25) is 4.79 Å². The van der Waals surface area contributed by atoms with Crippen molar-refractivity contribution in [1.29, 1.82) is 0 Å². The SMILES string of the molecule is CC1(C(=O)Nc2ccc(-n3cncn3)cc2)CCCN1. The van der Waals surface area contributed by atoms with Gasteiger partial charge in [-0.05, 0) is 50.6 Å². The van der Waals surface area contributed by atoms with Gasteiger partial charge < -0.3 is 10.6 Å². The molecule has 1 aromatic carbocycles. The van der Waals surface area contributed by atoms with Crippen molar-refractivity contribution in [3.8, 4) is 5.69 Å². The molecule has 1 saturated heterocycles. The van der Waals surface area contributed by atoms with E-state index in [0.717, 1.165) is 30.8 Å². The lowest BCUT2D eigenvalue weighted by atomic mass is 9.99. The van der Waals surface area contributed by atoms with Crippen LogP contribution in [0.4, 0.5) is 5.69 Å². The number of anilines is 1. The third-order valence-electron chi connectivity index (χ3n) is 3.68. The monoisotopic (exact) mass is 271 g/mol. The number of amides is 1. The summed E-state index contributed by atoms with van der Waals surface area (Å²) in [6, 6.07) is 7.53. The third kappa shape index (κ3) is 2.42. The van der Waals surface area contributed by atoms with Crippen molar-refractivity contribution in [2.45, 2.75) is 25.3 Å². The van der Waals surface area contributed by atoms with Crippen molar-refractivity contribution in [3.05, 3.63) is 36.9 Å². The number of carbonyl (C=O) groups excluding carboxylic acids is 1. The summed E-state index contributed by atoms with van der Waals surface area (Å²) >= 11 is 0. The zero-order valence-corrected chi connectivity index (χ0v) is 11.3. The van der Waals surface area contributed by atoms with Gasteiger partial charge in [0.2, 0.25) is 5.91 Å². The van der Waals surface area contributed by atoms with E-state index in [2.05, 4.69) is 20.7 Å². The first-order valence-electron chi connectivity index (χ1n) is 6.69. The molecule has 0 saturated carbocycles. The molecule has 1 fully saturated rings. The maximum Gasteiger partial charge on any atom is 0.244 e. The number of nitrogens with one attached hydrogen (secondary N) is 2. The Labute approximate surface area is 117 Å². The van der Waals surface area contributed by atoms with Crippen LogP contribution < -0.4 is 10.6 Å². The van der Waals surface area contributed by atoms with Crippen LogP contribution in [-0.4, -0.2) is 32.8 Å². The van der Waals surface area contributed by atoms with E-state index in [4.69, 9.17) is 0 Å². The van der Waals surface area contributed by atoms with E-state index in [9.17, 15) is 4.79 Å². The first-order valence-corrected chi connectivity index (χ1v) is 6.69. The average molecular weight is 271 g/mol. The molecule has 0 spiro atoms. The fourth-order valence-electron chi connectivity index (χ4n) is 2.40. The lowest BCUT2D eigenvalue weighted by Crippen LogP contribution is -2.47. The van der Waals surface area contributed by atoms with E-state index in [1.165, 1.54) is 6.33 Å². The summed E-state index contributed by atoms with van der Waals surface area (Å²) in [6.45, 7) is 2.84. The number of nitrogens with zero attached hydrogens (tertiary/aromatic N) is 3. The van der Waals surface area contributed by atoms with Gasteiger partial charge in [-0.2, -0.15) is 5.10 Å².